The number of phenols is 1. The highest BCUT2D eigenvalue weighted by atomic mass is 16.4. The van der Waals surface area contributed by atoms with E-state index in [-0.39, 0.29) is 39.5 Å². The van der Waals surface area contributed by atoms with Crippen molar-refractivity contribution < 1.29 is 24.2 Å². The average Bonchev–Trinajstić information content (AvgIpc) is 2.85. The fraction of sp³-hybridized carbons (Fsp3) is 0.300. The number of fused-ring (bicyclic) bond motifs is 2. The van der Waals surface area contributed by atoms with E-state index < -0.39 is 5.97 Å². The third kappa shape index (κ3) is 6.20. The Bertz CT molecular complexity index is 1520. The summed E-state index contributed by atoms with van der Waals surface area (Å²) in [4.78, 5) is 37.1. The molecule has 2 aromatic carbocycles. The number of benzene rings is 3. The first kappa shape index (κ1) is 26.9. The standard InChI is InChI=1S/C30H32N2O6/c1-30(2,3)32-14-6-4-5-13-31-28(35)18-7-10-21(24(15-18)29(36)37)27-22-11-8-19(33)16-25(22)38-26-17-20(34)9-12-23(26)27/h7-12,15-17,32-33H,4-6,13-14H2,1-3H3,(H,31,35)(H,36,37). The summed E-state index contributed by atoms with van der Waals surface area (Å²) in [5.41, 5.74) is 1.76. The summed E-state index contributed by atoms with van der Waals surface area (Å²) in [6.07, 6.45) is 2.78. The molecule has 0 aromatic heterocycles. The van der Waals surface area contributed by atoms with Crippen molar-refractivity contribution in [3.63, 3.8) is 0 Å². The van der Waals surface area contributed by atoms with Gasteiger partial charge in [0.1, 0.15) is 17.1 Å². The number of aromatic carboxylic acids is 1. The van der Waals surface area contributed by atoms with Gasteiger partial charge in [-0.2, -0.15) is 0 Å². The summed E-state index contributed by atoms with van der Waals surface area (Å²) >= 11 is 0. The molecule has 2 aromatic rings. The Morgan fingerprint density at radius 3 is 2.37 bits per heavy atom. The number of nitrogens with one attached hydrogen (secondary N) is 2. The van der Waals surface area contributed by atoms with Crippen LogP contribution in [0.5, 0.6) is 5.75 Å². The molecule has 0 radical (unpaired) electrons. The van der Waals surface area contributed by atoms with Gasteiger partial charge in [-0.3, -0.25) is 9.59 Å². The number of aromatic hydroxyl groups is 1. The molecular formula is C30H32N2O6. The van der Waals surface area contributed by atoms with Gasteiger partial charge in [-0.1, -0.05) is 12.5 Å². The van der Waals surface area contributed by atoms with Crippen molar-refractivity contribution in [2.45, 2.75) is 45.6 Å². The number of carboxylic acids is 1. The summed E-state index contributed by atoms with van der Waals surface area (Å²) in [6.45, 7) is 7.77. The largest absolute Gasteiger partial charge is 0.508 e. The molecule has 1 amide bonds. The van der Waals surface area contributed by atoms with E-state index in [4.69, 9.17) is 4.42 Å². The Morgan fingerprint density at radius 1 is 0.895 bits per heavy atom. The Balaban J connectivity index is 1.61. The number of hydrogen-bond donors (Lipinski definition) is 4. The highest BCUT2D eigenvalue weighted by Gasteiger charge is 2.23. The van der Waals surface area contributed by atoms with Crippen LogP contribution in [0.4, 0.5) is 0 Å². The molecule has 4 N–H and O–H groups in total. The lowest BCUT2D eigenvalue weighted by molar-refractivity contribution is 0.0697. The summed E-state index contributed by atoms with van der Waals surface area (Å²) in [5, 5.41) is 26.9. The minimum Gasteiger partial charge on any atom is -0.508 e. The van der Waals surface area contributed by atoms with Crippen LogP contribution in [0.25, 0.3) is 33.4 Å². The molecule has 1 aliphatic heterocycles. The van der Waals surface area contributed by atoms with E-state index in [0.29, 0.717) is 34.2 Å². The second kappa shape index (κ2) is 11.1. The van der Waals surface area contributed by atoms with E-state index in [9.17, 15) is 24.6 Å². The van der Waals surface area contributed by atoms with Crippen LogP contribution >= 0.6 is 0 Å². The molecule has 1 aliphatic carbocycles. The molecule has 4 rings (SSSR count). The van der Waals surface area contributed by atoms with Gasteiger partial charge in [-0.15, -0.1) is 0 Å². The van der Waals surface area contributed by atoms with Crippen molar-refractivity contribution in [1.29, 1.82) is 0 Å². The number of hydrogen-bond acceptors (Lipinski definition) is 6. The average molecular weight is 517 g/mol. The van der Waals surface area contributed by atoms with Gasteiger partial charge in [0.05, 0.1) is 5.56 Å². The number of rotatable bonds is 9. The SMILES string of the molecule is CC(C)(C)NCCCCCNC(=O)c1ccc(-c2c3ccc(=O)cc-3oc3cc(O)ccc23)c(C(=O)O)c1. The van der Waals surface area contributed by atoms with Crippen LogP contribution in [0.2, 0.25) is 0 Å². The number of carbonyl (C=O) groups excluding carboxylic acids is 1. The van der Waals surface area contributed by atoms with E-state index in [1.165, 1.54) is 30.3 Å². The summed E-state index contributed by atoms with van der Waals surface area (Å²) in [5.74, 6) is -1.30. The zero-order chi connectivity index (χ0) is 27.4. The zero-order valence-corrected chi connectivity index (χ0v) is 21.8. The van der Waals surface area contributed by atoms with Gasteiger partial charge in [0.15, 0.2) is 5.43 Å². The fourth-order valence-electron chi connectivity index (χ4n) is 4.42. The molecule has 2 aliphatic rings. The Kier molecular flexibility index (Phi) is 7.83. The molecule has 198 valence electrons. The first-order valence-electron chi connectivity index (χ1n) is 12.6. The summed E-state index contributed by atoms with van der Waals surface area (Å²) < 4.78 is 5.85. The first-order chi connectivity index (χ1) is 18.0. The van der Waals surface area contributed by atoms with E-state index in [1.807, 2.05) is 0 Å². The van der Waals surface area contributed by atoms with Crippen molar-refractivity contribution >= 4 is 22.8 Å². The number of carbonyl (C=O) groups is 2. The van der Waals surface area contributed by atoms with Crippen molar-refractivity contribution in [3.05, 3.63) is 75.9 Å². The Labute approximate surface area is 220 Å². The van der Waals surface area contributed by atoms with Crippen LogP contribution in [-0.2, 0) is 0 Å². The lowest BCUT2D eigenvalue weighted by Crippen LogP contribution is -2.36. The molecule has 8 heteroatoms. The third-order valence-electron chi connectivity index (χ3n) is 6.25. The molecule has 0 atom stereocenters. The quantitative estimate of drug-likeness (QED) is 0.176. The van der Waals surface area contributed by atoms with E-state index in [0.717, 1.165) is 25.8 Å². The summed E-state index contributed by atoms with van der Waals surface area (Å²) in [6, 6.07) is 13.4. The Hall–Kier alpha value is -4.17. The topological polar surface area (TPSA) is 129 Å². The van der Waals surface area contributed by atoms with E-state index in [2.05, 4.69) is 31.4 Å². The molecule has 0 unspecified atom stereocenters. The maximum absolute atomic E-state index is 12.8. The molecule has 1 heterocycles. The molecule has 0 bridgehead atoms. The van der Waals surface area contributed by atoms with Crippen molar-refractivity contribution in [1.82, 2.24) is 10.6 Å². The van der Waals surface area contributed by atoms with Crippen molar-refractivity contribution in [3.8, 4) is 28.2 Å². The fourth-order valence-corrected chi connectivity index (χ4v) is 4.42. The van der Waals surface area contributed by atoms with E-state index in [1.54, 1.807) is 24.3 Å². The van der Waals surface area contributed by atoms with Crippen LogP contribution < -0.4 is 16.1 Å². The number of unbranched alkanes of at least 4 members (excludes halogenated alkanes) is 2. The smallest absolute Gasteiger partial charge is 0.336 e. The number of carboxylic acid groups (broad SMARTS) is 1. The predicted molar refractivity (Wildman–Crippen MR) is 147 cm³/mol. The van der Waals surface area contributed by atoms with E-state index >= 15 is 0 Å². The Morgan fingerprint density at radius 2 is 1.63 bits per heavy atom. The molecular weight excluding hydrogens is 484 g/mol. The van der Waals surface area contributed by atoms with Gasteiger partial charge in [0.2, 0.25) is 0 Å². The minimum absolute atomic E-state index is 0.0271. The van der Waals surface area contributed by atoms with Crippen LogP contribution in [0.1, 0.15) is 60.7 Å². The second-order valence-electron chi connectivity index (χ2n) is 10.4. The number of phenolic OH excluding ortho intramolecular Hbond substituents is 1. The lowest BCUT2D eigenvalue weighted by Gasteiger charge is -2.20. The van der Waals surface area contributed by atoms with Gasteiger partial charge in [0.25, 0.3) is 5.91 Å². The minimum atomic E-state index is -1.19. The van der Waals surface area contributed by atoms with Gasteiger partial charge in [-0.05, 0) is 82.1 Å². The van der Waals surface area contributed by atoms with Gasteiger partial charge < -0.3 is 25.3 Å². The number of amides is 1. The van der Waals surface area contributed by atoms with Gasteiger partial charge in [0, 0.05) is 46.3 Å². The maximum Gasteiger partial charge on any atom is 0.336 e. The molecule has 8 nitrogen and oxygen atoms in total. The van der Waals surface area contributed by atoms with Crippen molar-refractivity contribution in [2.24, 2.45) is 0 Å². The monoisotopic (exact) mass is 516 g/mol. The predicted octanol–water partition coefficient (Wildman–Crippen LogP) is 5.26. The summed E-state index contributed by atoms with van der Waals surface area (Å²) in [7, 11) is 0. The highest BCUT2D eigenvalue weighted by molar-refractivity contribution is 6.09. The van der Waals surface area contributed by atoms with Gasteiger partial charge >= 0.3 is 5.97 Å². The maximum atomic E-state index is 12.8. The van der Waals surface area contributed by atoms with Crippen LogP contribution in [0.3, 0.4) is 0 Å². The molecule has 0 fully saturated rings. The normalized spacial score (nSPS) is 11.7. The van der Waals surface area contributed by atoms with Gasteiger partial charge in [-0.25, -0.2) is 4.79 Å². The second-order valence-corrected chi connectivity index (χ2v) is 10.4. The molecule has 0 saturated carbocycles. The van der Waals surface area contributed by atoms with Crippen molar-refractivity contribution in [2.75, 3.05) is 13.1 Å². The third-order valence-corrected chi connectivity index (χ3v) is 6.25. The molecule has 0 saturated heterocycles. The van der Waals surface area contributed by atoms with Crippen LogP contribution in [0.15, 0.2) is 63.8 Å². The zero-order valence-electron chi connectivity index (χ0n) is 21.8. The van der Waals surface area contributed by atoms with Crippen LogP contribution in [-0.4, -0.2) is 40.7 Å². The molecule has 38 heavy (non-hydrogen) atoms. The lowest BCUT2D eigenvalue weighted by atomic mass is 9.90. The molecule has 0 spiro atoms. The van der Waals surface area contributed by atoms with Crippen LogP contribution in [0, 0.1) is 0 Å². The highest BCUT2D eigenvalue weighted by Crippen LogP contribution is 2.42. The first-order valence-corrected chi connectivity index (χ1v) is 12.6.